The van der Waals surface area contributed by atoms with Crippen molar-refractivity contribution in [3.8, 4) is 0 Å². The van der Waals surface area contributed by atoms with Gasteiger partial charge in [-0.15, -0.1) is 0 Å². The molecule has 5 heteroatoms. The van der Waals surface area contributed by atoms with Gasteiger partial charge in [0.15, 0.2) is 5.82 Å². The van der Waals surface area contributed by atoms with E-state index in [1.807, 2.05) is 0 Å². The summed E-state index contributed by atoms with van der Waals surface area (Å²) in [6, 6.07) is 0. The molecule has 0 unspecified atom stereocenters. The molecule has 5 nitrogen and oxygen atoms in total. The summed E-state index contributed by atoms with van der Waals surface area (Å²) in [5, 5.41) is 18.0. The van der Waals surface area contributed by atoms with Crippen LogP contribution < -0.4 is 5.32 Å². The summed E-state index contributed by atoms with van der Waals surface area (Å²) in [5.74, 6) is 3.23. The summed E-state index contributed by atoms with van der Waals surface area (Å²) in [6.45, 7) is 6.22. The molecule has 0 bridgehead atoms. The van der Waals surface area contributed by atoms with E-state index in [1.165, 1.54) is 12.8 Å². The summed E-state index contributed by atoms with van der Waals surface area (Å²) in [6.07, 6.45) is 6.08. The van der Waals surface area contributed by atoms with E-state index in [-0.39, 0.29) is 0 Å². The first-order chi connectivity index (χ1) is 10.1. The SMILES string of the molecule is CC(C)C1CCC(c2noc(C3(O)CCNCC3)n2)CC1. The lowest BCUT2D eigenvalue weighted by atomic mass is 9.77. The van der Waals surface area contributed by atoms with Gasteiger partial charge in [0.05, 0.1) is 0 Å². The first-order valence-corrected chi connectivity index (χ1v) is 8.36. The molecule has 0 radical (unpaired) electrons. The zero-order chi connectivity index (χ0) is 14.9. The zero-order valence-electron chi connectivity index (χ0n) is 13.1. The normalized spacial score (nSPS) is 29.7. The molecule has 0 atom stereocenters. The van der Waals surface area contributed by atoms with Crippen molar-refractivity contribution < 1.29 is 9.63 Å². The molecule has 21 heavy (non-hydrogen) atoms. The monoisotopic (exact) mass is 293 g/mol. The molecule has 1 saturated carbocycles. The third-order valence-corrected chi connectivity index (χ3v) is 5.35. The smallest absolute Gasteiger partial charge is 0.258 e. The lowest BCUT2D eigenvalue weighted by molar-refractivity contribution is -0.0228. The topological polar surface area (TPSA) is 71.2 Å². The lowest BCUT2D eigenvalue weighted by Crippen LogP contribution is -2.40. The van der Waals surface area contributed by atoms with Crippen LogP contribution in [-0.2, 0) is 5.60 Å². The second-order valence-corrected chi connectivity index (χ2v) is 7.10. The van der Waals surface area contributed by atoms with Crippen LogP contribution in [0, 0.1) is 11.8 Å². The molecule has 0 spiro atoms. The Labute approximate surface area is 126 Å². The number of nitrogens with one attached hydrogen (secondary N) is 1. The highest BCUT2D eigenvalue weighted by Crippen LogP contribution is 2.38. The van der Waals surface area contributed by atoms with Crippen LogP contribution in [-0.4, -0.2) is 28.3 Å². The fourth-order valence-electron chi connectivity index (χ4n) is 3.69. The molecule has 1 aromatic rings. The van der Waals surface area contributed by atoms with E-state index < -0.39 is 5.60 Å². The highest BCUT2D eigenvalue weighted by atomic mass is 16.5. The second kappa shape index (κ2) is 6.05. The standard InChI is InChI=1S/C16H27N3O2/c1-11(2)12-3-5-13(6-4-12)14-18-15(21-19-14)16(20)7-9-17-10-8-16/h11-13,17,20H,3-10H2,1-2H3. The average Bonchev–Trinajstić information content (AvgIpc) is 2.99. The van der Waals surface area contributed by atoms with E-state index in [9.17, 15) is 5.11 Å². The molecule has 1 aliphatic heterocycles. The van der Waals surface area contributed by atoms with Gasteiger partial charge in [0.1, 0.15) is 5.60 Å². The van der Waals surface area contributed by atoms with Gasteiger partial charge in [-0.2, -0.15) is 4.98 Å². The quantitative estimate of drug-likeness (QED) is 0.896. The third-order valence-electron chi connectivity index (χ3n) is 5.35. The summed E-state index contributed by atoms with van der Waals surface area (Å²) in [5.41, 5.74) is -0.925. The van der Waals surface area contributed by atoms with Gasteiger partial charge >= 0.3 is 0 Å². The minimum Gasteiger partial charge on any atom is -0.380 e. The molecule has 118 valence electrons. The molecule has 0 amide bonds. The zero-order valence-corrected chi connectivity index (χ0v) is 13.1. The van der Waals surface area contributed by atoms with Crippen molar-refractivity contribution in [3.63, 3.8) is 0 Å². The molecule has 2 heterocycles. The van der Waals surface area contributed by atoms with Crippen molar-refractivity contribution in [2.24, 2.45) is 11.8 Å². The van der Waals surface area contributed by atoms with Crippen LogP contribution in [0.4, 0.5) is 0 Å². The van der Waals surface area contributed by atoms with Crippen LogP contribution in [0.25, 0.3) is 0 Å². The molecule has 1 saturated heterocycles. The number of hydrogen-bond acceptors (Lipinski definition) is 5. The Hall–Kier alpha value is -0.940. The highest BCUT2D eigenvalue weighted by molar-refractivity contribution is 5.05. The molecular weight excluding hydrogens is 266 g/mol. The van der Waals surface area contributed by atoms with Gasteiger partial charge in [-0.05, 0) is 63.5 Å². The summed E-state index contributed by atoms with van der Waals surface area (Å²) < 4.78 is 5.40. The summed E-state index contributed by atoms with van der Waals surface area (Å²) in [4.78, 5) is 4.54. The molecule has 1 aromatic heterocycles. The first-order valence-electron chi connectivity index (χ1n) is 8.36. The van der Waals surface area contributed by atoms with Gasteiger partial charge < -0.3 is 14.9 Å². The Balaban J connectivity index is 1.65. The van der Waals surface area contributed by atoms with Crippen molar-refractivity contribution in [2.75, 3.05) is 13.1 Å². The maximum absolute atomic E-state index is 10.6. The van der Waals surface area contributed by atoms with Crippen LogP contribution in [0.1, 0.15) is 70.0 Å². The van der Waals surface area contributed by atoms with E-state index in [0.717, 1.165) is 43.6 Å². The Bertz CT molecular complexity index is 458. The van der Waals surface area contributed by atoms with E-state index in [2.05, 4.69) is 29.3 Å². The van der Waals surface area contributed by atoms with Crippen LogP contribution >= 0.6 is 0 Å². The van der Waals surface area contributed by atoms with Crippen molar-refractivity contribution in [1.82, 2.24) is 15.5 Å². The summed E-state index contributed by atoms with van der Waals surface area (Å²) in [7, 11) is 0. The van der Waals surface area contributed by atoms with Crippen molar-refractivity contribution in [2.45, 2.75) is 63.9 Å². The van der Waals surface area contributed by atoms with Gasteiger partial charge in [0.25, 0.3) is 5.89 Å². The molecule has 2 N–H and O–H groups in total. The Kier molecular flexibility index (Phi) is 4.31. The second-order valence-electron chi connectivity index (χ2n) is 7.10. The largest absolute Gasteiger partial charge is 0.380 e. The number of hydrogen-bond donors (Lipinski definition) is 2. The molecule has 2 aliphatic rings. The van der Waals surface area contributed by atoms with Crippen LogP contribution in [0.5, 0.6) is 0 Å². The predicted octanol–water partition coefficient (Wildman–Crippen LogP) is 2.57. The molecule has 0 aromatic carbocycles. The number of rotatable bonds is 3. The Morgan fingerprint density at radius 2 is 1.86 bits per heavy atom. The predicted molar refractivity (Wildman–Crippen MR) is 79.8 cm³/mol. The minimum absolute atomic E-state index is 0.405. The van der Waals surface area contributed by atoms with Gasteiger partial charge in [-0.3, -0.25) is 0 Å². The molecule has 1 aliphatic carbocycles. The van der Waals surface area contributed by atoms with Crippen LogP contribution in [0.3, 0.4) is 0 Å². The molecule has 3 rings (SSSR count). The van der Waals surface area contributed by atoms with Gasteiger partial charge in [0.2, 0.25) is 0 Å². The van der Waals surface area contributed by atoms with Crippen molar-refractivity contribution in [3.05, 3.63) is 11.7 Å². The number of aliphatic hydroxyl groups is 1. The third kappa shape index (κ3) is 3.14. The van der Waals surface area contributed by atoms with Crippen LogP contribution in [0.15, 0.2) is 4.52 Å². The van der Waals surface area contributed by atoms with Crippen LogP contribution in [0.2, 0.25) is 0 Å². The molecular formula is C16H27N3O2. The summed E-state index contributed by atoms with van der Waals surface area (Å²) >= 11 is 0. The van der Waals surface area contributed by atoms with E-state index in [4.69, 9.17) is 4.52 Å². The fraction of sp³-hybridized carbons (Fsp3) is 0.875. The highest BCUT2D eigenvalue weighted by Gasteiger charge is 2.38. The number of nitrogens with zero attached hydrogens (tertiary/aromatic N) is 2. The maximum atomic E-state index is 10.6. The Morgan fingerprint density at radius 3 is 2.48 bits per heavy atom. The minimum atomic E-state index is -0.925. The van der Waals surface area contributed by atoms with Gasteiger partial charge in [-0.1, -0.05) is 19.0 Å². The van der Waals surface area contributed by atoms with Crippen molar-refractivity contribution in [1.29, 1.82) is 0 Å². The maximum Gasteiger partial charge on any atom is 0.258 e. The van der Waals surface area contributed by atoms with E-state index >= 15 is 0 Å². The average molecular weight is 293 g/mol. The fourth-order valence-corrected chi connectivity index (χ4v) is 3.69. The van der Waals surface area contributed by atoms with E-state index in [1.54, 1.807) is 0 Å². The lowest BCUT2D eigenvalue weighted by Gasteiger charge is -2.29. The van der Waals surface area contributed by atoms with Crippen molar-refractivity contribution >= 4 is 0 Å². The number of aromatic nitrogens is 2. The van der Waals surface area contributed by atoms with Gasteiger partial charge in [0, 0.05) is 5.92 Å². The Morgan fingerprint density at radius 1 is 1.19 bits per heavy atom. The first kappa shape index (κ1) is 15.0. The molecule has 2 fully saturated rings. The number of piperidine rings is 1. The van der Waals surface area contributed by atoms with Gasteiger partial charge in [-0.25, -0.2) is 0 Å². The van der Waals surface area contributed by atoms with E-state index in [0.29, 0.717) is 24.7 Å².